The summed E-state index contributed by atoms with van der Waals surface area (Å²) in [5.74, 6) is 0.282. The Bertz CT molecular complexity index is 883. The third-order valence-corrected chi connectivity index (χ3v) is 6.86. The molecule has 2 aliphatic rings. The zero-order chi connectivity index (χ0) is 19.5. The number of aliphatic carboxylic acids is 1. The van der Waals surface area contributed by atoms with E-state index in [1.54, 1.807) is 0 Å². The minimum atomic E-state index is -0.708. The molecule has 2 heterocycles. The van der Waals surface area contributed by atoms with Crippen molar-refractivity contribution in [2.24, 2.45) is 4.99 Å². The van der Waals surface area contributed by atoms with Gasteiger partial charge in [0.05, 0.1) is 22.9 Å². The second-order valence-electron chi connectivity index (χ2n) is 8.12. The Hall–Kier alpha value is -1.95. The number of aryl methyl sites for hydroxylation is 1. The van der Waals surface area contributed by atoms with Gasteiger partial charge in [0.15, 0.2) is 0 Å². The fraction of sp³-hybridized carbons (Fsp3) is 0.545. The molecule has 1 aliphatic carbocycles. The molecule has 0 spiro atoms. The standard InChI is InChI=1S/C22H29N3O2S/c1-14-10-15-12-19(22-24-17(13-28-22)8-4-5-9-20(26)27)25-21(15)18(11-14)23-16-6-2-3-7-16/h10-12,16-17,23,25H,2-9,13H2,1H3,(H,26,27)/t17-/m1/s1. The molecule has 2 aromatic rings. The summed E-state index contributed by atoms with van der Waals surface area (Å²) >= 11 is 1.81. The van der Waals surface area contributed by atoms with Crippen LogP contribution in [0, 0.1) is 6.92 Å². The maximum atomic E-state index is 10.6. The number of aromatic nitrogens is 1. The van der Waals surface area contributed by atoms with Crippen LogP contribution in [0.2, 0.25) is 0 Å². The van der Waals surface area contributed by atoms with E-state index in [0.717, 1.165) is 35.8 Å². The predicted molar refractivity (Wildman–Crippen MR) is 118 cm³/mol. The molecule has 6 heteroatoms. The first-order valence-electron chi connectivity index (χ1n) is 10.4. The van der Waals surface area contributed by atoms with Gasteiger partial charge in [0.1, 0.15) is 5.04 Å². The summed E-state index contributed by atoms with van der Waals surface area (Å²) in [6.45, 7) is 2.15. The van der Waals surface area contributed by atoms with Crippen LogP contribution in [0.5, 0.6) is 0 Å². The van der Waals surface area contributed by atoms with Crippen molar-refractivity contribution in [1.29, 1.82) is 0 Å². The van der Waals surface area contributed by atoms with Crippen molar-refractivity contribution in [2.75, 3.05) is 11.1 Å². The Morgan fingerprint density at radius 1 is 1.29 bits per heavy atom. The summed E-state index contributed by atoms with van der Waals surface area (Å²) in [6, 6.07) is 7.60. The van der Waals surface area contributed by atoms with Crippen molar-refractivity contribution >= 4 is 39.4 Å². The topological polar surface area (TPSA) is 77.5 Å². The third-order valence-electron chi connectivity index (χ3n) is 5.71. The lowest BCUT2D eigenvalue weighted by Crippen LogP contribution is -2.14. The van der Waals surface area contributed by atoms with E-state index in [0.29, 0.717) is 12.1 Å². The SMILES string of the molecule is Cc1cc(NC2CCCC2)c2[nH]c(C3=N[C@H](CCCCC(=O)O)CS3)cc2c1. The van der Waals surface area contributed by atoms with Crippen LogP contribution in [0.15, 0.2) is 23.2 Å². The Balaban J connectivity index is 1.48. The van der Waals surface area contributed by atoms with Gasteiger partial charge in [0, 0.05) is 23.6 Å². The molecule has 1 atom stereocenters. The van der Waals surface area contributed by atoms with E-state index in [1.165, 1.54) is 47.8 Å². The first-order chi connectivity index (χ1) is 13.6. The molecular formula is C22H29N3O2S. The van der Waals surface area contributed by atoms with Crippen LogP contribution in [0.25, 0.3) is 10.9 Å². The van der Waals surface area contributed by atoms with Crippen LogP contribution in [0.4, 0.5) is 5.69 Å². The average molecular weight is 400 g/mol. The molecule has 1 aliphatic heterocycles. The highest BCUT2D eigenvalue weighted by atomic mass is 32.2. The number of carboxylic acid groups (broad SMARTS) is 1. The van der Waals surface area contributed by atoms with Gasteiger partial charge in [-0.1, -0.05) is 19.3 Å². The van der Waals surface area contributed by atoms with Crippen molar-refractivity contribution in [2.45, 2.75) is 70.4 Å². The zero-order valence-electron chi connectivity index (χ0n) is 16.5. The van der Waals surface area contributed by atoms with Crippen LogP contribution < -0.4 is 5.32 Å². The first-order valence-corrected chi connectivity index (χ1v) is 11.4. The van der Waals surface area contributed by atoms with Gasteiger partial charge in [0.25, 0.3) is 0 Å². The van der Waals surface area contributed by atoms with Gasteiger partial charge in [0.2, 0.25) is 0 Å². The molecule has 0 unspecified atom stereocenters. The first kappa shape index (κ1) is 19.4. The number of nitrogens with zero attached hydrogens (tertiary/aromatic N) is 1. The summed E-state index contributed by atoms with van der Waals surface area (Å²) in [7, 11) is 0. The molecule has 1 fully saturated rings. The van der Waals surface area contributed by atoms with Crippen molar-refractivity contribution in [1.82, 2.24) is 4.98 Å². The molecule has 0 radical (unpaired) electrons. The lowest BCUT2D eigenvalue weighted by molar-refractivity contribution is -0.137. The van der Waals surface area contributed by atoms with Crippen LogP contribution in [0.3, 0.4) is 0 Å². The molecule has 5 nitrogen and oxygen atoms in total. The molecular weight excluding hydrogens is 370 g/mol. The van der Waals surface area contributed by atoms with Crippen molar-refractivity contribution in [3.05, 3.63) is 29.5 Å². The van der Waals surface area contributed by atoms with Crippen LogP contribution in [0.1, 0.15) is 62.6 Å². The smallest absolute Gasteiger partial charge is 0.303 e. The molecule has 1 saturated carbocycles. The number of nitrogens with one attached hydrogen (secondary N) is 2. The quantitative estimate of drug-likeness (QED) is 0.524. The Kier molecular flexibility index (Phi) is 5.95. The van der Waals surface area contributed by atoms with E-state index < -0.39 is 5.97 Å². The Morgan fingerprint density at radius 2 is 2.11 bits per heavy atom. The summed E-state index contributed by atoms with van der Waals surface area (Å²) in [5, 5.41) is 14.8. The van der Waals surface area contributed by atoms with E-state index in [2.05, 4.69) is 35.4 Å². The fourth-order valence-corrected chi connectivity index (χ4v) is 5.36. The third kappa shape index (κ3) is 4.54. The zero-order valence-corrected chi connectivity index (χ0v) is 17.3. The van der Waals surface area contributed by atoms with Crippen molar-refractivity contribution in [3.8, 4) is 0 Å². The number of aromatic amines is 1. The maximum absolute atomic E-state index is 10.6. The number of hydrogen-bond donors (Lipinski definition) is 3. The van der Waals surface area contributed by atoms with Gasteiger partial charge >= 0.3 is 5.97 Å². The average Bonchev–Trinajstić information content (AvgIpc) is 3.38. The van der Waals surface area contributed by atoms with Gasteiger partial charge < -0.3 is 15.4 Å². The van der Waals surface area contributed by atoms with E-state index in [1.807, 2.05) is 11.8 Å². The molecule has 4 rings (SSSR count). The summed E-state index contributed by atoms with van der Waals surface area (Å²) in [6.07, 6.45) is 8.06. The highest BCUT2D eigenvalue weighted by molar-refractivity contribution is 8.14. The summed E-state index contributed by atoms with van der Waals surface area (Å²) < 4.78 is 0. The lowest BCUT2D eigenvalue weighted by atomic mass is 10.1. The number of thioether (sulfide) groups is 1. The maximum Gasteiger partial charge on any atom is 0.303 e. The number of rotatable bonds is 8. The van der Waals surface area contributed by atoms with Crippen molar-refractivity contribution < 1.29 is 9.90 Å². The molecule has 150 valence electrons. The highest BCUT2D eigenvalue weighted by Crippen LogP contribution is 2.32. The monoisotopic (exact) mass is 399 g/mol. The summed E-state index contributed by atoms with van der Waals surface area (Å²) in [4.78, 5) is 19.2. The number of fused-ring (bicyclic) bond motifs is 1. The van der Waals surface area contributed by atoms with E-state index in [4.69, 9.17) is 10.1 Å². The van der Waals surface area contributed by atoms with E-state index >= 15 is 0 Å². The van der Waals surface area contributed by atoms with Gasteiger partial charge in [-0.25, -0.2) is 0 Å². The number of anilines is 1. The molecule has 28 heavy (non-hydrogen) atoms. The molecule has 1 aromatic heterocycles. The van der Waals surface area contributed by atoms with E-state index in [9.17, 15) is 4.79 Å². The molecule has 1 aromatic carbocycles. The Labute approximate surface area is 170 Å². The minimum absolute atomic E-state index is 0.259. The number of H-pyrrole nitrogens is 1. The summed E-state index contributed by atoms with van der Waals surface area (Å²) in [5.41, 5.74) is 4.77. The molecule has 0 amide bonds. The largest absolute Gasteiger partial charge is 0.481 e. The number of benzene rings is 1. The molecule has 0 saturated heterocycles. The number of carboxylic acids is 1. The lowest BCUT2D eigenvalue weighted by Gasteiger charge is -2.15. The number of hydrogen-bond acceptors (Lipinski definition) is 4. The van der Waals surface area contributed by atoms with Gasteiger partial charge in [-0.15, -0.1) is 11.8 Å². The number of unbranched alkanes of at least 4 members (excludes halogenated alkanes) is 1. The Morgan fingerprint density at radius 3 is 2.89 bits per heavy atom. The number of aliphatic imine (C=N–C) groups is 1. The van der Waals surface area contributed by atoms with Gasteiger partial charge in [-0.3, -0.25) is 9.79 Å². The van der Waals surface area contributed by atoms with Gasteiger partial charge in [-0.05, 0) is 56.4 Å². The highest BCUT2D eigenvalue weighted by Gasteiger charge is 2.22. The van der Waals surface area contributed by atoms with Crippen LogP contribution >= 0.6 is 11.8 Å². The van der Waals surface area contributed by atoms with Crippen molar-refractivity contribution in [3.63, 3.8) is 0 Å². The van der Waals surface area contributed by atoms with Gasteiger partial charge in [-0.2, -0.15) is 0 Å². The number of carbonyl (C=O) groups is 1. The van der Waals surface area contributed by atoms with E-state index in [-0.39, 0.29) is 6.42 Å². The second kappa shape index (κ2) is 8.60. The normalized spacial score (nSPS) is 20.0. The fourth-order valence-electron chi connectivity index (χ4n) is 4.28. The van der Waals surface area contributed by atoms with Crippen LogP contribution in [-0.2, 0) is 4.79 Å². The minimum Gasteiger partial charge on any atom is -0.481 e. The molecule has 0 bridgehead atoms. The molecule has 3 N–H and O–H groups in total. The second-order valence-corrected chi connectivity index (χ2v) is 9.13. The van der Waals surface area contributed by atoms with Crippen LogP contribution in [-0.4, -0.2) is 38.9 Å². The predicted octanol–water partition coefficient (Wildman–Crippen LogP) is 5.34.